The molecular weight excluding hydrogens is 146 g/mol. The molecule has 67 valence electrons. The molecule has 0 spiro atoms. The third kappa shape index (κ3) is 2.82. The fraction of sp³-hybridized carbons (Fsp3) is 0.545. The van der Waals surface area contributed by atoms with Gasteiger partial charge in [-0.3, -0.25) is 4.90 Å². The van der Waals surface area contributed by atoms with Crippen LogP contribution in [0.3, 0.4) is 0 Å². The van der Waals surface area contributed by atoms with E-state index in [4.69, 9.17) is 0 Å². The normalized spacial score (nSPS) is 20.7. The lowest BCUT2D eigenvalue weighted by Gasteiger charge is -2.30. The minimum absolute atomic E-state index is 0.872. The molecule has 1 fully saturated rings. The molecule has 1 heteroatoms. The van der Waals surface area contributed by atoms with Gasteiger partial charge in [0, 0.05) is 6.54 Å². The van der Waals surface area contributed by atoms with E-state index in [1.807, 2.05) is 12.2 Å². The zero-order valence-electron chi connectivity index (χ0n) is 7.71. The van der Waals surface area contributed by atoms with E-state index in [-0.39, 0.29) is 0 Å². The summed E-state index contributed by atoms with van der Waals surface area (Å²) in [4.78, 5) is 2.34. The van der Waals surface area contributed by atoms with Crippen LogP contribution in [0.25, 0.3) is 0 Å². The van der Waals surface area contributed by atoms with Gasteiger partial charge in [0.25, 0.3) is 0 Å². The van der Waals surface area contributed by atoms with E-state index in [9.17, 15) is 0 Å². The molecule has 0 aliphatic carbocycles. The van der Waals surface area contributed by atoms with Crippen LogP contribution < -0.4 is 0 Å². The van der Waals surface area contributed by atoms with Crippen molar-refractivity contribution in [1.29, 1.82) is 0 Å². The second-order valence-electron chi connectivity index (χ2n) is 3.39. The fourth-order valence-corrected chi connectivity index (χ4v) is 1.72. The summed E-state index contributed by atoms with van der Waals surface area (Å²) in [5.74, 6) is 0.872. The summed E-state index contributed by atoms with van der Waals surface area (Å²) in [5, 5.41) is 0. The number of hydrogen-bond acceptors (Lipinski definition) is 1. The number of nitrogens with zero attached hydrogens (tertiary/aromatic N) is 1. The van der Waals surface area contributed by atoms with Crippen LogP contribution in [-0.2, 0) is 0 Å². The van der Waals surface area contributed by atoms with Crippen molar-refractivity contribution in [3.63, 3.8) is 0 Å². The largest absolute Gasteiger partial charge is 0.295 e. The van der Waals surface area contributed by atoms with Gasteiger partial charge in [-0.15, -0.1) is 13.2 Å². The summed E-state index contributed by atoms with van der Waals surface area (Å²) in [6.45, 7) is 11.9. The number of rotatable bonds is 4. The Morgan fingerprint density at radius 1 is 1.25 bits per heavy atom. The highest BCUT2D eigenvalue weighted by molar-refractivity contribution is 4.89. The maximum absolute atomic E-state index is 3.77. The van der Waals surface area contributed by atoms with Crippen molar-refractivity contribution in [2.45, 2.75) is 19.3 Å². The predicted octanol–water partition coefficient (Wildman–Crippen LogP) is 2.62. The van der Waals surface area contributed by atoms with Crippen LogP contribution in [0.5, 0.6) is 0 Å². The van der Waals surface area contributed by atoms with Gasteiger partial charge in [0.1, 0.15) is 0 Å². The Morgan fingerprint density at radius 3 is 2.42 bits per heavy atom. The fourth-order valence-electron chi connectivity index (χ4n) is 1.72. The van der Waals surface area contributed by atoms with Crippen molar-refractivity contribution in [2.75, 3.05) is 13.1 Å². The van der Waals surface area contributed by atoms with Gasteiger partial charge < -0.3 is 0 Å². The van der Waals surface area contributed by atoms with E-state index in [0.29, 0.717) is 0 Å². The van der Waals surface area contributed by atoms with Crippen LogP contribution in [0.4, 0.5) is 0 Å². The topological polar surface area (TPSA) is 3.24 Å². The van der Waals surface area contributed by atoms with E-state index >= 15 is 0 Å². The van der Waals surface area contributed by atoms with Gasteiger partial charge in [-0.05, 0) is 38.3 Å². The molecule has 12 heavy (non-hydrogen) atoms. The van der Waals surface area contributed by atoms with Crippen LogP contribution >= 0.6 is 0 Å². The number of allylic oxidation sites excluding steroid dienone is 1. The third-order valence-electron chi connectivity index (χ3n) is 2.47. The highest BCUT2D eigenvalue weighted by Crippen LogP contribution is 2.20. The van der Waals surface area contributed by atoms with Gasteiger partial charge in [0.15, 0.2) is 0 Å². The summed E-state index contributed by atoms with van der Waals surface area (Å²) in [6.07, 6.45) is 7.69. The van der Waals surface area contributed by atoms with Gasteiger partial charge in [-0.1, -0.05) is 12.2 Å². The SMILES string of the molecule is C=C[CH]N1CCC(CC=C)CC1. The number of hydrogen-bond donors (Lipinski definition) is 0. The molecule has 0 saturated carbocycles. The molecule has 1 nitrogen and oxygen atoms in total. The van der Waals surface area contributed by atoms with E-state index < -0.39 is 0 Å². The Hall–Kier alpha value is -0.560. The molecule has 0 atom stereocenters. The van der Waals surface area contributed by atoms with E-state index in [1.54, 1.807) is 0 Å². The number of piperidine rings is 1. The maximum atomic E-state index is 3.77. The van der Waals surface area contributed by atoms with E-state index in [2.05, 4.69) is 24.6 Å². The predicted molar refractivity (Wildman–Crippen MR) is 53.6 cm³/mol. The minimum atomic E-state index is 0.872. The monoisotopic (exact) mass is 164 g/mol. The molecule has 0 unspecified atom stereocenters. The van der Waals surface area contributed by atoms with Gasteiger partial charge in [0.2, 0.25) is 0 Å². The zero-order valence-corrected chi connectivity index (χ0v) is 7.71. The zero-order chi connectivity index (χ0) is 8.81. The Balaban J connectivity index is 2.19. The average molecular weight is 164 g/mol. The second kappa shape index (κ2) is 5.15. The van der Waals surface area contributed by atoms with Gasteiger partial charge in [-0.2, -0.15) is 0 Å². The summed E-state index contributed by atoms with van der Waals surface area (Å²) in [7, 11) is 0. The summed E-state index contributed by atoms with van der Waals surface area (Å²) < 4.78 is 0. The molecule has 1 heterocycles. The quantitative estimate of drug-likeness (QED) is 0.577. The first-order chi connectivity index (χ1) is 5.86. The Kier molecular flexibility index (Phi) is 4.09. The van der Waals surface area contributed by atoms with Gasteiger partial charge >= 0.3 is 0 Å². The van der Waals surface area contributed by atoms with Crippen molar-refractivity contribution in [1.82, 2.24) is 4.90 Å². The molecule has 0 aromatic carbocycles. The molecule has 1 rings (SSSR count). The summed E-state index contributed by atoms with van der Waals surface area (Å²) in [5.41, 5.74) is 0. The molecule has 1 saturated heterocycles. The first-order valence-electron chi connectivity index (χ1n) is 4.67. The van der Waals surface area contributed by atoms with Crippen LogP contribution in [-0.4, -0.2) is 18.0 Å². The molecule has 1 radical (unpaired) electrons. The summed E-state index contributed by atoms with van der Waals surface area (Å²) in [6, 6.07) is 0. The smallest absolute Gasteiger partial charge is 0.0467 e. The average Bonchev–Trinajstić information content (AvgIpc) is 2.09. The third-order valence-corrected chi connectivity index (χ3v) is 2.47. The van der Waals surface area contributed by atoms with Crippen LogP contribution in [0.15, 0.2) is 25.3 Å². The lowest BCUT2D eigenvalue weighted by molar-refractivity contribution is 0.229. The van der Waals surface area contributed by atoms with Crippen LogP contribution in [0.2, 0.25) is 0 Å². The van der Waals surface area contributed by atoms with Crippen molar-refractivity contribution in [3.05, 3.63) is 31.9 Å². The Bertz CT molecular complexity index is 125. The minimum Gasteiger partial charge on any atom is -0.295 e. The number of likely N-dealkylation sites (tertiary alicyclic amines) is 1. The molecule has 0 amide bonds. The molecule has 0 bridgehead atoms. The highest BCUT2D eigenvalue weighted by Gasteiger charge is 2.16. The summed E-state index contributed by atoms with van der Waals surface area (Å²) >= 11 is 0. The molecule has 1 aliphatic heterocycles. The highest BCUT2D eigenvalue weighted by atomic mass is 15.1. The maximum Gasteiger partial charge on any atom is 0.0467 e. The van der Waals surface area contributed by atoms with E-state index in [1.165, 1.54) is 32.4 Å². The molecule has 0 aromatic rings. The Morgan fingerprint density at radius 2 is 1.92 bits per heavy atom. The first-order valence-corrected chi connectivity index (χ1v) is 4.67. The van der Waals surface area contributed by atoms with Crippen molar-refractivity contribution in [2.24, 2.45) is 5.92 Å². The standard InChI is InChI=1S/C11H18N/c1-3-5-11-6-9-12(8-4-2)10-7-11/h3-4,8,11H,1-2,5-7,9-10H2. The van der Waals surface area contributed by atoms with E-state index in [0.717, 1.165) is 5.92 Å². The molecule has 0 aromatic heterocycles. The first kappa shape index (κ1) is 9.53. The Labute approximate surface area is 75.8 Å². The van der Waals surface area contributed by atoms with Crippen LogP contribution in [0.1, 0.15) is 19.3 Å². The van der Waals surface area contributed by atoms with Crippen molar-refractivity contribution < 1.29 is 0 Å². The van der Waals surface area contributed by atoms with Gasteiger partial charge in [0.05, 0.1) is 0 Å². The van der Waals surface area contributed by atoms with Crippen molar-refractivity contribution >= 4 is 0 Å². The van der Waals surface area contributed by atoms with Gasteiger partial charge in [-0.25, -0.2) is 0 Å². The lowest BCUT2D eigenvalue weighted by Crippen LogP contribution is -2.30. The molecule has 1 aliphatic rings. The molecular formula is C11H18N. The lowest BCUT2D eigenvalue weighted by atomic mass is 9.94. The molecule has 0 N–H and O–H groups in total. The van der Waals surface area contributed by atoms with Crippen molar-refractivity contribution in [3.8, 4) is 0 Å². The van der Waals surface area contributed by atoms with Crippen LogP contribution in [0, 0.1) is 12.5 Å². The second-order valence-corrected chi connectivity index (χ2v) is 3.39.